The fraction of sp³-hybridized carbons (Fsp3) is 0.533. The quantitative estimate of drug-likeness (QED) is 0.349. The van der Waals surface area contributed by atoms with E-state index in [1.165, 1.54) is 6.20 Å². The Morgan fingerprint density at radius 2 is 2.14 bits per heavy atom. The molecular weight excluding hydrogens is 282 g/mol. The van der Waals surface area contributed by atoms with E-state index in [4.69, 9.17) is 16.2 Å². The third kappa shape index (κ3) is 3.94. The lowest BCUT2D eigenvalue weighted by molar-refractivity contribution is 0.0951. The van der Waals surface area contributed by atoms with Crippen molar-refractivity contribution in [3.63, 3.8) is 0 Å². The molecule has 2 heterocycles. The van der Waals surface area contributed by atoms with E-state index >= 15 is 0 Å². The molecule has 1 aliphatic rings. The molecule has 2 rings (SSSR count). The van der Waals surface area contributed by atoms with Crippen LogP contribution in [-0.2, 0) is 0 Å². The van der Waals surface area contributed by atoms with Crippen LogP contribution in [0.1, 0.15) is 41.6 Å². The summed E-state index contributed by atoms with van der Waals surface area (Å²) in [6.07, 6.45) is 4.95. The van der Waals surface area contributed by atoms with Gasteiger partial charge in [-0.1, -0.05) is 0 Å². The number of aromatic nitrogens is 1. The molecule has 7 heteroatoms. The summed E-state index contributed by atoms with van der Waals surface area (Å²) < 4.78 is 0. The lowest BCUT2D eigenvalue weighted by atomic mass is 10.1. The van der Waals surface area contributed by atoms with Gasteiger partial charge in [0.1, 0.15) is 11.7 Å². The Hall–Kier alpha value is -2.15. The van der Waals surface area contributed by atoms with Crippen LogP contribution in [0.4, 0.5) is 5.82 Å². The topological polar surface area (TPSA) is 115 Å². The average molecular weight is 305 g/mol. The Morgan fingerprint density at radius 1 is 1.41 bits per heavy atom. The number of unbranched alkanes of at least 4 members (excludes halogenated alkanes) is 1. The van der Waals surface area contributed by atoms with Gasteiger partial charge in [-0.15, -0.1) is 0 Å². The molecule has 0 unspecified atom stereocenters. The lowest BCUT2D eigenvalue weighted by Crippen LogP contribution is -2.30. The minimum Gasteiger partial charge on any atom is -0.396 e. The zero-order chi connectivity index (χ0) is 15.9. The number of nitrogens with one attached hydrogen (secondary N) is 2. The number of hydrogen-bond donors (Lipinski definition) is 4. The van der Waals surface area contributed by atoms with Crippen LogP contribution in [0.25, 0.3) is 0 Å². The van der Waals surface area contributed by atoms with Crippen molar-refractivity contribution in [1.29, 1.82) is 5.41 Å². The molecule has 22 heavy (non-hydrogen) atoms. The molecule has 1 amide bonds. The number of nitrogens with zero attached hydrogens (tertiary/aromatic N) is 2. The Balaban J connectivity index is 2.05. The van der Waals surface area contributed by atoms with E-state index in [0.717, 1.165) is 32.4 Å². The standard InChI is InChI=1S/C15H23N5O2/c16-13-12(14(17)20-6-2-3-7-20)9-11(10-19-13)15(22)18-5-1-4-8-21/h9-10,17,21H,1-8H2,(H2,16,19)(H,18,22). The van der Waals surface area contributed by atoms with Crippen LogP contribution in [0.2, 0.25) is 0 Å². The van der Waals surface area contributed by atoms with E-state index in [0.29, 0.717) is 29.9 Å². The molecule has 0 bridgehead atoms. The molecule has 1 aliphatic heterocycles. The predicted molar refractivity (Wildman–Crippen MR) is 84.9 cm³/mol. The van der Waals surface area contributed by atoms with Crippen molar-refractivity contribution in [1.82, 2.24) is 15.2 Å². The molecule has 0 atom stereocenters. The third-order valence-electron chi connectivity index (χ3n) is 3.73. The van der Waals surface area contributed by atoms with Crippen LogP contribution in [0.3, 0.4) is 0 Å². The van der Waals surface area contributed by atoms with Gasteiger partial charge in [-0.2, -0.15) is 0 Å². The summed E-state index contributed by atoms with van der Waals surface area (Å²) in [4.78, 5) is 18.1. The number of pyridine rings is 1. The first-order chi connectivity index (χ1) is 10.6. The number of anilines is 1. The Labute approximate surface area is 130 Å². The Bertz CT molecular complexity index is 541. The number of amides is 1. The summed E-state index contributed by atoms with van der Waals surface area (Å²) >= 11 is 0. The molecule has 1 aromatic rings. The molecule has 0 radical (unpaired) electrons. The largest absolute Gasteiger partial charge is 0.396 e. The Kier molecular flexibility index (Phi) is 5.71. The van der Waals surface area contributed by atoms with Crippen molar-refractivity contribution in [2.24, 2.45) is 0 Å². The van der Waals surface area contributed by atoms with Crippen LogP contribution in [0.5, 0.6) is 0 Å². The number of carbonyl (C=O) groups excluding carboxylic acids is 1. The van der Waals surface area contributed by atoms with Gasteiger partial charge in [-0.25, -0.2) is 4.98 Å². The number of aliphatic hydroxyl groups is 1. The number of aliphatic hydroxyl groups excluding tert-OH is 1. The fourth-order valence-electron chi connectivity index (χ4n) is 2.44. The minimum atomic E-state index is -0.235. The summed E-state index contributed by atoms with van der Waals surface area (Å²) in [5.74, 6) is 0.368. The maximum absolute atomic E-state index is 12.1. The van der Waals surface area contributed by atoms with Gasteiger partial charge in [0.05, 0.1) is 11.1 Å². The van der Waals surface area contributed by atoms with Crippen molar-refractivity contribution in [3.8, 4) is 0 Å². The molecule has 0 spiro atoms. The normalized spacial score (nSPS) is 14.1. The molecule has 1 fully saturated rings. The highest BCUT2D eigenvalue weighted by Crippen LogP contribution is 2.17. The third-order valence-corrected chi connectivity index (χ3v) is 3.73. The van der Waals surface area contributed by atoms with Crippen LogP contribution in [0, 0.1) is 5.41 Å². The number of carbonyl (C=O) groups is 1. The van der Waals surface area contributed by atoms with Crippen molar-refractivity contribution >= 4 is 17.6 Å². The number of hydrogen-bond acceptors (Lipinski definition) is 5. The highest BCUT2D eigenvalue weighted by Gasteiger charge is 2.20. The monoisotopic (exact) mass is 305 g/mol. The molecule has 5 N–H and O–H groups in total. The zero-order valence-electron chi connectivity index (χ0n) is 12.6. The number of nitrogen functional groups attached to an aromatic ring is 1. The number of amidine groups is 1. The molecule has 1 saturated heterocycles. The van der Waals surface area contributed by atoms with Crippen molar-refractivity contribution in [2.45, 2.75) is 25.7 Å². The summed E-state index contributed by atoms with van der Waals surface area (Å²) in [6.45, 7) is 2.31. The molecular formula is C15H23N5O2. The van der Waals surface area contributed by atoms with Gasteiger partial charge in [-0.3, -0.25) is 10.2 Å². The van der Waals surface area contributed by atoms with Gasteiger partial charge in [-0.05, 0) is 31.7 Å². The second-order valence-electron chi connectivity index (χ2n) is 5.39. The number of nitrogens with two attached hydrogens (primary N) is 1. The maximum atomic E-state index is 12.1. The van der Waals surface area contributed by atoms with E-state index in [1.807, 2.05) is 4.90 Å². The summed E-state index contributed by atoms with van der Waals surface area (Å²) in [5, 5.41) is 19.7. The van der Waals surface area contributed by atoms with Crippen LogP contribution < -0.4 is 11.1 Å². The van der Waals surface area contributed by atoms with E-state index in [1.54, 1.807) is 6.07 Å². The van der Waals surface area contributed by atoms with Gasteiger partial charge >= 0.3 is 0 Å². The molecule has 120 valence electrons. The molecule has 0 aliphatic carbocycles. The van der Waals surface area contributed by atoms with Crippen molar-refractivity contribution < 1.29 is 9.90 Å². The lowest BCUT2D eigenvalue weighted by Gasteiger charge is -2.19. The maximum Gasteiger partial charge on any atom is 0.252 e. The molecule has 0 saturated carbocycles. The fourth-order valence-corrected chi connectivity index (χ4v) is 2.44. The first-order valence-electron chi connectivity index (χ1n) is 7.62. The number of likely N-dealkylation sites (tertiary alicyclic amines) is 1. The smallest absolute Gasteiger partial charge is 0.252 e. The highest BCUT2D eigenvalue weighted by atomic mass is 16.2. The van der Waals surface area contributed by atoms with E-state index in [-0.39, 0.29) is 18.3 Å². The summed E-state index contributed by atoms with van der Waals surface area (Å²) in [6, 6.07) is 1.63. The van der Waals surface area contributed by atoms with E-state index < -0.39 is 0 Å². The van der Waals surface area contributed by atoms with E-state index in [2.05, 4.69) is 10.3 Å². The van der Waals surface area contributed by atoms with Gasteiger partial charge in [0.2, 0.25) is 0 Å². The van der Waals surface area contributed by atoms with Crippen molar-refractivity contribution in [2.75, 3.05) is 32.0 Å². The molecule has 0 aromatic carbocycles. The molecule has 1 aromatic heterocycles. The minimum absolute atomic E-state index is 0.121. The highest BCUT2D eigenvalue weighted by molar-refractivity contribution is 6.03. The Morgan fingerprint density at radius 3 is 2.82 bits per heavy atom. The van der Waals surface area contributed by atoms with Gasteiger partial charge in [0, 0.05) is 32.4 Å². The first kappa shape index (κ1) is 16.2. The van der Waals surface area contributed by atoms with Gasteiger partial charge in [0.25, 0.3) is 5.91 Å². The average Bonchev–Trinajstić information content (AvgIpc) is 3.05. The second kappa shape index (κ2) is 7.74. The number of rotatable bonds is 6. The SMILES string of the molecule is N=C(c1cc(C(=O)NCCCCO)cnc1N)N1CCCC1. The summed E-state index contributed by atoms with van der Waals surface area (Å²) in [5.41, 5.74) is 6.76. The first-order valence-corrected chi connectivity index (χ1v) is 7.62. The zero-order valence-corrected chi connectivity index (χ0v) is 12.6. The van der Waals surface area contributed by atoms with Crippen molar-refractivity contribution in [3.05, 3.63) is 23.4 Å². The van der Waals surface area contributed by atoms with E-state index in [9.17, 15) is 4.79 Å². The summed E-state index contributed by atoms with van der Waals surface area (Å²) in [7, 11) is 0. The van der Waals surface area contributed by atoms with Gasteiger partial charge < -0.3 is 21.1 Å². The predicted octanol–water partition coefficient (Wildman–Crippen LogP) is 0.587. The second-order valence-corrected chi connectivity index (χ2v) is 5.39. The van der Waals surface area contributed by atoms with Crippen LogP contribution in [-0.4, -0.2) is 53.0 Å². The van der Waals surface area contributed by atoms with Crippen LogP contribution >= 0.6 is 0 Å². The van der Waals surface area contributed by atoms with Gasteiger partial charge in [0.15, 0.2) is 0 Å². The molecule has 7 nitrogen and oxygen atoms in total. The van der Waals surface area contributed by atoms with Crippen LogP contribution in [0.15, 0.2) is 12.3 Å².